The van der Waals surface area contributed by atoms with Gasteiger partial charge in [0.15, 0.2) is 0 Å². The normalized spacial score (nSPS) is 12.6. The first-order valence-electron chi connectivity index (χ1n) is 3.57. The molecule has 0 spiro atoms. The summed E-state index contributed by atoms with van der Waals surface area (Å²) in [5.41, 5.74) is 10.2. The smallest absolute Gasteiger partial charge is 0.0532 e. The molecule has 0 aliphatic carbocycles. The van der Waals surface area contributed by atoms with Crippen molar-refractivity contribution in [1.82, 2.24) is 0 Å². The quantitative estimate of drug-likeness (QED) is 0.436. The number of nitrogens with one attached hydrogen (secondary N) is 1. The molecule has 1 aromatic carbocycles. The second-order valence-corrected chi connectivity index (χ2v) is 2.52. The topological polar surface area (TPSA) is 64.1 Å². The molecule has 5 N–H and O–H groups in total. The van der Waals surface area contributed by atoms with Crippen molar-refractivity contribution in [3.63, 3.8) is 0 Å². The Balaban J connectivity index is 3.02. The SMILES string of the molecule is CC(N)c1ccccc1NN. The largest absolute Gasteiger partial charge is 0.324 e. The lowest BCUT2D eigenvalue weighted by atomic mass is 10.1. The van der Waals surface area contributed by atoms with Gasteiger partial charge < -0.3 is 11.2 Å². The Morgan fingerprint density at radius 1 is 1.36 bits per heavy atom. The van der Waals surface area contributed by atoms with Crippen LogP contribution < -0.4 is 17.0 Å². The molecular weight excluding hydrogens is 138 g/mol. The Labute approximate surface area is 66.4 Å². The Kier molecular flexibility index (Phi) is 2.46. The van der Waals surface area contributed by atoms with E-state index in [2.05, 4.69) is 5.43 Å². The maximum Gasteiger partial charge on any atom is 0.0532 e. The zero-order chi connectivity index (χ0) is 8.27. The van der Waals surface area contributed by atoms with Gasteiger partial charge in [0, 0.05) is 6.04 Å². The summed E-state index contributed by atoms with van der Waals surface area (Å²) < 4.78 is 0. The molecule has 0 saturated carbocycles. The predicted molar refractivity (Wildman–Crippen MR) is 46.9 cm³/mol. The Morgan fingerprint density at radius 3 is 2.45 bits per heavy atom. The minimum atomic E-state index is 0.0160. The van der Waals surface area contributed by atoms with Gasteiger partial charge in [-0.1, -0.05) is 18.2 Å². The van der Waals surface area contributed by atoms with E-state index < -0.39 is 0 Å². The van der Waals surface area contributed by atoms with Gasteiger partial charge in [0.25, 0.3) is 0 Å². The standard InChI is InChI=1S/C8H13N3/c1-6(9)7-4-2-3-5-8(7)11-10/h2-6,11H,9-10H2,1H3. The van der Waals surface area contributed by atoms with E-state index in [0.717, 1.165) is 11.3 Å². The highest BCUT2D eigenvalue weighted by Crippen LogP contribution is 2.18. The van der Waals surface area contributed by atoms with Crippen molar-refractivity contribution in [2.24, 2.45) is 11.6 Å². The molecule has 1 rings (SSSR count). The number of benzene rings is 1. The zero-order valence-electron chi connectivity index (χ0n) is 6.54. The van der Waals surface area contributed by atoms with Gasteiger partial charge in [-0.3, -0.25) is 5.84 Å². The van der Waals surface area contributed by atoms with Crippen LogP contribution in [0.4, 0.5) is 5.69 Å². The molecule has 11 heavy (non-hydrogen) atoms. The van der Waals surface area contributed by atoms with Gasteiger partial charge in [-0.25, -0.2) is 0 Å². The number of hydrogen-bond acceptors (Lipinski definition) is 3. The predicted octanol–water partition coefficient (Wildman–Crippen LogP) is 0.992. The molecule has 3 heteroatoms. The summed E-state index contributed by atoms with van der Waals surface area (Å²) >= 11 is 0. The number of nitrogens with two attached hydrogens (primary N) is 2. The van der Waals surface area contributed by atoms with Crippen LogP contribution in [0.25, 0.3) is 0 Å². The molecule has 60 valence electrons. The molecule has 0 amide bonds. The van der Waals surface area contributed by atoms with Crippen molar-refractivity contribution in [3.05, 3.63) is 29.8 Å². The number of para-hydroxylation sites is 1. The third-order valence-corrected chi connectivity index (χ3v) is 1.61. The summed E-state index contributed by atoms with van der Waals surface area (Å²) in [6.45, 7) is 1.93. The lowest BCUT2D eigenvalue weighted by molar-refractivity contribution is 0.819. The lowest BCUT2D eigenvalue weighted by Gasteiger charge is -2.10. The highest BCUT2D eigenvalue weighted by atomic mass is 15.2. The van der Waals surface area contributed by atoms with E-state index in [1.165, 1.54) is 0 Å². The summed E-state index contributed by atoms with van der Waals surface area (Å²) in [5, 5.41) is 0. The zero-order valence-corrected chi connectivity index (χ0v) is 6.54. The van der Waals surface area contributed by atoms with Crippen LogP contribution in [0.5, 0.6) is 0 Å². The minimum absolute atomic E-state index is 0.0160. The minimum Gasteiger partial charge on any atom is -0.324 e. The molecule has 0 aliphatic rings. The van der Waals surface area contributed by atoms with Crippen LogP contribution in [-0.4, -0.2) is 0 Å². The van der Waals surface area contributed by atoms with E-state index in [-0.39, 0.29) is 6.04 Å². The van der Waals surface area contributed by atoms with Crippen LogP contribution in [0.3, 0.4) is 0 Å². The van der Waals surface area contributed by atoms with Crippen LogP contribution in [0.1, 0.15) is 18.5 Å². The van der Waals surface area contributed by atoms with Crippen LogP contribution >= 0.6 is 0 Å². The van der Waals surface area contributed by atoms with Crippen molar-refractivity contribution >= 4 is 5.69 Å². The molecule has 0 radical (unpaired) electrons. The maximum atomic E-state index is 5.69. The molecule has 1 unspecified atom stereocenters. The summed E-state index contributed by atoms with van der Waals surface area (Å²) in [4.78, 5) is 0. The van der Waals surface area contributed by atoms with E-state index in [1.54, 1.807) is 0 Å². The monoisotopic (exact) mass is 151 g/mol. The third-order valence-electron chi connectivity index (χ3n) is 1.61. The lowest BCUT2D eigenvalue weighted by Crippen LogP contribution is -2.13. The molecule has 0 bridgehead atoms. The number of anilines is 1. The fourth-order valence-corrected chi connectivity index (χ4v) is 1.03. The van der Waals surface area contributed by atoms with Gasteiger partial charge >= 0.3 is 0 Å². The van der Waals surface area contributed by atoms with Crippen molar-refractivity contribution in [3.8, 4) is 0 Å². The van der Waals surface area contributed by atoms with E-state index in [0.29, 0.717) is 0 Å². The summed E-state index contributed by atoms with van der Waals surface area (Å²) in [7, 11) is 0. The molecule has 3 nitrogen and oxygen atoms in total. The van der Waals surface area contributed by atoms with Crippen LogP contribution in [0, 0.1) is 0 Å². The second-order valence-electron chi connectivity index (χ2n) is 2.52. The Bertz CT molecular complexity index is 233. The van der Waals surface area contributed by atoms with Crippen LogP contribution in [-0.2, 0) is 0 Å². The number of hydrogen-bond donors (Lipinski definition) is 3. The highest BCUT2D eigenvalue weighted by molar-refractivity contribution is 5.51. The van der Waals surface area contributed by atoms with Crippen molar-refractivity contribution in [2.45, 2.75) is 13.0 Å². The van der Waals surface area contributed by atoms with Crippen molar-refractivity contribution in [2.75, 3.05) is 5.43 Å². The van der Waals surface area contributed by atoms with E-state index in [4.69, 9.17) is 11.6 Å². The van der Waals surface area contributed by atoms with Crippen LogP contribution in [0.15, 0.2) is 24.3 Å². The van der Waals surface area contributed by atoms with Gasteiger partial charge in [0.05, 0.1) is 5.69 Å². The fraction of sp³-hybridized carbons (Fsp3) is 0.250. The number of nitrogen functional groups attached to an aromatic ring is 1. The van der Waals surface area contributed by atoms with Gasteiger partial charge in [-0.05, 0) is 18.6 Å². The molecule has 0 heterocycles. The first-order chi connectivity index (χ1) is 5.25. The fourth-order valence-electron chi connectivity index (χ4n) is 1.03. The summed E-state index contributed by atoms with van der Waals surface area (Å²) in [5.74, 6) is 5.28. The van der Waals surface area contributed by atoms with Crippen molar-refractivity contribution < 1.29 is 0 Å². The maximum absolute atomic E-state index is 5.69. The molecule has 0 aliphatic heterocycles. The Morgan fingerprint density at radius 2 is 2.00 bits per heavy atom. The first kappa shape index (κ1) is 8.04. The molecular formula is C8H13N3. The highest BCUT2D eigenvalue weighted by Gasteiger charge is 2.02. The Hall–Kier alpha value is -1.06. The summed E-state index contributed by atoms with van der Waals surface area (Å²) in [6, 6.07) is 7.74. The average molecular weight is 151 g/mol. The number of rotatable bonds is 2. The molecule has 1 aromatic rings. The third kappa shape index (κ3) is 1.69. The van der Waals surface area contributed by atoms with Crippen molar-refractivity contribution in [1.29, 1.82) is 0 Å². The van der Waals surface area contributed by atoms with Crippen LogP contribution in [0.2, 0.25) is 0 Å². The molecule has 0 saturated heterocycles. The summed E-state index contributed by atoms with van der Waals surface area (Å²) in [6.07, 6.45) is 0. The van der Waals surface area contributed by atoms with E-state index in [9.17, 15) is 0 Å². The van der Waals surface area contributed by atoms with Gasteiger partial charge in [0.1, 0.15) is 0 Å². The number of hydrazine groups is 1. The van der Waals surface area contributed by atoms with Gasteiger partial charge in [-0.15, -0.1) is 0 Å². The molecule has 0 aromatic heterocycles. The molecule has 0 fully saturated rings. The second kappa shape index (κ2) is 3.37. The van der Waals surface area contributed by atoms with Gasteiger partial charge in [-0.2, -0.15) is 0 Å². The van der Waals surface area contributed by atoms with E-state index >= 15 is 0 Å². The average Bonchev–Trinajstić information content (AvgIpc) is 2.04. The first-order valence-corrected chi connectivity index (χ1v) is 3.57. The van der Waals surface area contributed by atoms with E-state index in [1.807, 2.05) is 31.2 Å². The molecule has 1 atom stereocenters. The van der Waals surface area contributed by atoms with Gasteiger partial charge in [0.2, 0.25) is 0 Å².